The van der Waals surface area contributed by atoms with Gasteiger partial charge in [-0.2, -0.15) is 0 Å². The van der Waals surface area contributed by atoms with Gasteiger partial charge in [0, 0.05) is 5.92 Å². The molecule has 1 N–H and O–H groups in total. The minimum atomic E-state index is -4.42. The van der Waals surface area contributed by atoms with Crippen LogP contribution in [0, 0.1) is 40.4 Å². The Morgan fingerprint density at radius 2 is 1.63 bits per heavy atom. The second-order valence-corrected chi connectivity index (χ2v) is 13.7. The van der Waals surface area contributed by atoms with Crippen LogP contribution in [-0.4, -0.2) is 36.1 Å². The van der Waals surface area contributed by atoms with Crippen molar-refractivity contribution in [2.24, 2.45) is 40.4 Å². The molecule has 0 bridgehead atoms. The molecule has 0 aromatic rings. The van der Waals surface area contributed by atoms with E-state index in [-0.39, 0.29) is 98.4 Å². The molecule has 30 heavy (non-hydrogen) atoms. The Morgan fingerprint density at radius 3 is 2.30 bits per heavy atom. The number of aliphatic hydroxyl groups is 1. The predicted molar refractivity (Wildman–Crippen MR) is 108 cm³/mol. The van der Waals surface area contributed by atoms with Crippen molar-refractivity contribution in [3.63, 3.8) is 0 Å². The van der Waals surface area contributed by atoms with Gasteiger partial charge >= 0.3 is 59.1 Å². The molecular weight excluding hydrogens is 442 g/mol. The van der Waals surface area contributed by atoms with Crippen LogP contribution < -0.4 is 59.1 Å². The summed E-state index contributed by atoms with van der Waals surface area (Å²) in [5, 5.41) is 10.1. The number of ketones is 1. The van der Waals surface area contributed by atoms with Crippen molar-refractivity contribution in [1.82, 2.24) is 0 Å². The third-order valence-corrected chi connectivity index (χ3v) is 11.3. The number of Topliss-reactive ketones (excluding diaryl/α,β-unsaturated/α-hetero) is 1. The number of aliphatic hydroxyl groups excluding tert-OH is 1. The molecule has 5 nitrogen and oxygen atoms in total. The summed E-state index contributed by atoms with van der Waals surface area (Å²) >= 11 is 0. The molecule has 8 atom stereocenters. The maximum Gasteiger partial charge on any atom is 1.00 e. The first kappa shape index (κ1) is 28.2. The fourth-order valence-corrected chi connectivity index (χ4v) is 9.24. The molecule has 160 valence electrons. The standard InChI is InChI=1S/C21H34O5S2.2Na/c1-20-9-7-14(22)11-13(20)3-4-15-16-5-6-18(19(23)12-27-28(24,25)26)21(16,2)10-8-17(15)20;;/h13-18,22H,3-12H2,1-2H3,(H-,24,25,26);;/q;2*+1/p-1/t13-,14-,15+,16+,17+,18-,20+,21+;;/m1../s1. The molecule has 0 spiro atoms. The van der Waals surface area contributed by atoms with Crippen LogP contribution in [0.1, 0.15) is 71.6 Å². The smallest absolute Gasteiger partial charge is 0.746 e. The van der Waals surface area contributed by atoms with Gasteiger partial charge in [0.1, 0.15) is 0 Å². The van der Waals surface area contributed by atoms with Crippen molar-refractivity contribution in [1.29, 1.82) is 0 Å². The zero-order valence-electron chi connectivity index (χ0n) is 18.9. The number of carbonyl (C=O) groups excluding carboxylic acids is 1. The second-order valence-electron chi connectivity index (χ2n) is 10.4. The van der Waals surface area contributed by atoms with Crippen molar-refractivity contribution < 1.29 is 82.3 Å². The maximum absolute atomic E-state index is 12.8. The first-order valence-corrected chi connectivity index (χ1v) is 13.8. The third-order valence-electron chi connectivity index (χ3n) is 9.37. The van der Waals surface area contributed by atoms with E-state index in [4.69, 9.17) is 0 Å². The van der Waals surface area contributed by atoms with Crippen molar-refractivity contribution in [3.8, 4) is 0 Å². The fraction of sp³-hybridized carbons (Fsp3) is 0.952. The van der Waals surface area contributed by atoms with Gasteiger partial charge in [-0.05, 0) is 92.3 Å². The van der Waals surface area contributed by atoms with Gasteiger partial charge in [-0.15, -0.1) is 0 Å². The molecule has 0 aliphatic heterocycles. The number of hydrogen-bond acceptors (Lipinski definition) is 5. The van der Waals surface area contributed by atoms with Crippen LogP contribution in [0.15, 0.2) is 0 Å². The molecule has 4 aliphatic carbocycles. The van der Waals surface area contributed by atoms with E-state index in [9.17, 15) is 23.2 Å². The van der Waals surface area contributed by atoms with Crippen molar-refractivity contribution in [2.45, 2.75) is 77.7 Å². The molecular formula is C21H33Na2O5S2+. The topological polar surface area (TPSA) is 100 Å². The van der Waals surface area contributed by atoms with Gasteiger partial charge in [-0.25, -0.2) is 4.21 Å². The van der Waals surface area contributed by atoms with Crippen LogP contribution in [-0.2, 0) is 24.2 Å². The van der Waals surface area contributed by atoms with Crippen molar-refractivity contribution in [2.75, 3.05) is 5.75 Å². The molecule has 4 rings (SSSR count). The van der Waals surface area contributed by atoms with Crippen molar-refractivity contribution >= 4 is 25.2 Å². The van der Waals surface area contributed by atoms with Gasteiger partial charge in [0.05, 0.1) is 15.2 Å². The average Bonchev–Trinajstić information content (AvgIpc) is 2.97. The van der Waals surface area contributed by atoms with E-state index in [0.29, 0.717) is 29.1 Å². The van der Waals surface area contributed by atoms with Crippen LogP contribution >= 0.6 is 0 Å². The zero-order chi connectivity index (χ0) is 20.3. The predicted octanol–water partition coefficient (Wildman–Crippen LogP) is -2.87. The Labute approximate surface area is 229 Å². The molecule has 0 aromatic heterocycles. The number of carbonyl (C=O) groups is 1. The molecule has 4 fully saturated rings. The summed E-state index contributed by atoms with van der Waals surface area (Å²) in [5.74, 6) is 2.12. The van der Waals surface area contributed by atoms with E-state index in [0.717, 1.165) is 44.9 Å². The molecule has 0 amide bonds. The number of hydrogen-bond donors (Lipinski definition) is 1. The molecule has 9 heteroatoms. The molecule has 0 radical (unpaired) electrons. The third kappa shape index (κ3) is 5.12. The zero-order valence-corrected chi connectivity index (χ0v) is 24.6. The second kappa shape index (κ2) is 10.3. The largest absolute Gasteiger partial charge is 1.00 e. The quantitative estimate of drug-likeness (QED) is 0.349. The number of fused-ring (bicyclic) bond motifs is 5. The maximum atomic E-state index is 12.8. The van der Waals surface area contributed by atoms with Gasteiger partial charge in [-0.3, -0.25) is 4.79 Å². The summed E-state index contributed by atoms with van der Waals surface area (Å²) in [6.07, 6.45) is 9.27. The Hall–Kier alpha value is 1.92. The van der Waals surface area contributed by atoms with E-state index in [2.05, 4.69) is 13.8 Å². The molecule has 4 saturated carbocycles. The van der Waals surface area contributed by atoms with Gasteiger partial charge < -0.3 is 14.2 Å². The van der Waals surface area contributed by atoms with E-state index in [1.807, 2.05) is 0 Å². The summed E-state index contributed by atoms with van der Waals surface area (Å²) in [6, 6.07) is 0. The van der Waals surface area contributed by atoms with Crippen LogP contribution in [0.3, 0.4) is 0 Å². The van der Waals surface area contributed by atoms with Crippen LogP contribution in [0.5, 0.6) is 0 Å². The fourth-order valence-electron chi connectivity index (χ4n) is 8.00. The van der Waals surface area contributed by atoms with E-state index < -0.39 is 9.05 Å². The van der Waals surface area contributed by atoms with Crippen LogP contribution in [0.4, 0.5) is 0 Å². The van der Waals surface area contributed by atoms with Crippen LogP contribution in [0.25, 0.3) is 0 Å². The Bertz CT molecular complexity index is 762. The first-order valence-electron chi connectivity index (χ1n) is 10.9. The van der Waals surface area contributed by atoms with Gasteiger partial charge in [-0.1, -0.05) is 13.8 Å². The van der Waals surface area contributed by atoms with E-state index >= 15 is 0 Å². The Kier molecular flexibility index (Phi) is 9.64. The van der Waals surface area contributed by atoms with Crippen molar-refractivity contribution in [3.05, 3.63) is 0 Å². The SMILES string of the molecule is C[C@]12CC[C@@H](O)C[C@H]1CC[C@@H]1[C@@H]2CC[C@]2(C)[C@@H](C(=O)C[S+]=S(=O)([O-])[O-])CC[C@@H]12.[Na+].[Na+]. The number of rotatable bonds is 3. The van der Waals surface area contributed by atoms with Gasteiger partial charge in [0.2, 0.25) is 16.1 Å². The molecule has 0 heterocycles. The summed E-state index contributed by atoms with van der Waals surface area (Å²) in [6.45, 7) is 4.70. The molecule has 0 unspecified atom stereocenters. The summed E-state index contributed by atoms with van der Waals surface area (Å²) in [7, 11) is -4.17. The molecule has 4 aliphatic rings. The molecule has 0 aromatic carbocycles. The van der Waals surface area contributed by atoms with Gasteiger partial charge in [0.25, 0.3) is 0 Å². The molecule has 0 saturated heterocycles. The normalized spacial score (nSPS) is 45.1. The minimum Gasteiger partial charge on any atom is -0.746 e. The van der Waals surface area contributed by atoms with E-state index in [1.54, 1.807) is 0 Å². The Balaban J connectivity index is 0.00000160. The van der Waals surface area contributed by atoms with E-state index in [1.165, 1.54) is 12.8 Å². The minimum absolute atomic E-state index is 0. The average molecular weight is 476 g/mol. The van der Waals surface area contributed by atoms with Gasteiger partial charge in [0.15, 0.2) is 5.78 Å². The first-order chi connectivity index (χ1) is 13.0. The summed E-state index contributed by atoms with van der Waals surface area (Å²) < 4.78 is 32.8. The Morgan fingerprint density at radius 1 is 1.00 bits per heavy atom. The summed E-state index contributed by atoms with van der Waals surface area (Å²) in [5.41, 5.74) is 0.265. The monoisotopic (exact) mass is 475 g/mol. The summed E-state index contributed by atoms with van der Waals surface area (Å²) in [4.78, 5) is 12.8. The van der Waals surface area contributed by atoms with Crippen LogP contribution in [0.2, 0.25) is 0 Å².